The van der Waals surface area contributed by atoms with Gasteiger partial charge in [-0.05, 0) is 57.3 Å². The molecule has 24 heavy (non-hydrogen) atoms. The zero-order chi connectivity index (χ0) is 16.9. The summed E-state index contributed by atoms with van der Waals surface area (Å²) in [5.41, 5.74) is 3.20. The van der Waals surface area contributed by atoms with Gasteiger partial charge in [0.25, 0.3) is 0 Å². The van der Waals surface area contributed by atoms with E-state index in [2.05, 4.69) is 24.5 Å². The third-order valence-electron chi connectivity index (χ3n) is 4.67. The molecule has 4 nitrogen and oxygen atoms in total. The van der Waals surface area contributed by atoms with Crippen molar-refractivity contribution in [3.05, 3.63) is 40.5 Å². The van der Waals surface area contributed by atoms with Crippen LogP contribution in [0.5, 0.6) is 0 Å². The smallest absolute Gasteiger partial charge is 0.161 e. The molecule has 0 saturated carbocycles. The van der Waals surface area contributed by atoms with Crippen LogP contribution in [0, 0.1) is 12.8 Å². The lowest BCUT2D eigenvalue weighted by atomic mass is 9.98. The molecule has 1 aromatic carbocycles. The van der Waals surface area contributed by atoms with Gasteiger partial charge >= 0.3 is 0 Å². The second-order valence-electron chi connectivity index (χ2n) is 6.40. The highest BCUT2D eigenvalue weighted by Crippen LogP contribution is 2.25. The molecule has 0 aliphatic carbocycles. The lowest BCUT2D eigenvalue weighted by Crippen LogP contribution is -2.31. The summed E-state index contributed by atoms with van der Waals surface area (Å²) in [5, 5.41) is 7.71. The molecule has 0 unspecified atom stereocenters. The van der Waals surface area contributed by atoms with E-state index in [9.17, 15) is 0 Å². The van der Waals surface area contributed by atoms with E-state index in [-0.39, 0.29) is 0 Å². The van der Waals surface area contributed by atoms with Crippen LogP contribution in [0.2, 0.25) is 5.02 Å². The average Bonchev–Trinajstić information content (AvgIpc) is 2.60. The number of hydrogen-bond donors (Lipinski definition) is 2. The second-order valence-corrected chi connectivity index (χ2v) is 6.83. The molecule has 1 aromatic heterocycles. The van der Waals surface area contributed by atoms with Crippen LogP contribution >= 0.6 is 11.6 Å². The van der Waals surface area contributed by atoms with Crippen molar-refractivity contribution in [1.29, 1.82) is 0 Å². The number of anilines is 1. The number of nitrogens with one attached hydrogen (secondary N) is 2. The standard InChI is InChI=1S/C19H25ClN4/c1-3-17-13(2)23-18(15-5-4-6-16(20)11-15)24-19(17)22-12-14-7-9-21-10-8-14/h4-6,11,14,21H,3,7-10,12H2,1-2H3,(H,22,23,24). The Morgan fingerprint density at radius 2 is 2.04 bits per heavy atom. The first-order valence-corrected chi connectivity index (χ1v) is 9.13. The van der Waals surface area contributed by atoms with Crippen molar-refractivity contribution in [3.63, 3.8) is 0 Å². The summed E-state index contributed by atoms with van der Waals surface area (Å²) in [5.74, 6) is 2.42. The molecule has 0 bridgehead atoms. The van der Waals surface area contributed by atoms with Crippen molar-refractivity contribution in [3.8, 4) is 11.4 Å². The fourth-order valence-corrected chi connectivity index (χ4v) is 3.44. The van der Waals surface area contributed by atoms with Gasteiger partial charge in [0.15, 0.2) is 5.82 Å². The largest absolute Gasteiger partial charge is 0.369 e. The predicted octanol–water partition coefficient (Wildman–Crippen LogP) is 4.08. The maximum Gasteiger partial charge on any atom is 0.161 e. The lowest BCUT2D eigenvalue weighted by Gasteiger charge is -2.24. The topological polar surface area (TPSA) is 49.8 Å². The van der Waals surface area contributed by atoms with E-state index in [4.69, 9.17) is 21.6 Å². The van der Waals surface area contributed by atoms with Gasteiger partial charge in [-0.1, -0.05) is 30.7 Å². The van der Waals surface area contributed by atoms with Gasteiger partial charge < -0.3 is 10.6 Å². The van der Waals surface area contributed by atoms with Gasteiger partial charge in [-0.2, -0.15) is 0 Å². The van der Waals surface area contributed by atoms with E-state index in [0.717, 1.165) is 49.0 Å². The number of aromatic nitrogens is 2. The number of hydrogen-bond acceptors (Lipinski definition) is 4. The zero-order valence-corrected chi connectivity index (χ0v) is 15.2. The Morgan fingerprint density at radius 3 is 2.75 bits per heavy atom. The van der Waals surface area contributed by atoms with Crippen LogP contribution in [0.1, 0.15) is 31.0 Å². The van der Waals surface area contributed by atoms with E-state index in [0.29, 0.717) is 10.9 Å². The Labute approximate surface area is 149 Å². The molecule has 1 saturated heterocycles. The van der Waals surface area contributed by atoms with Crippen LogP contribution in [0.25, 0.3) is 11.4 Å². The van der Waals surface area contributed by atoms with Crippen LogP contribution in [0.3, 0.4) is 0 Å². The molecule has 1 aliphatic rings. The van der Waals surface area contributed by atoms with Crippen molar-refractivity contribution < 1.29 is 0 Å². The molecule has 0 amide bonds. The molecule has 3 rings (SSSR count). The first-order chi connectivity index (χ1) is 11.7. The highest BCUT2D eigenvalue weighted by molar-refractivity contribution is 6.30. The summed E-state index contributed by atoms with van der Waals surface area (Å²) < 4.78 is 0. The van der Waals surface area contributed by atoms with Crippen LogP contribution in [-0.4, -0.2) is 29.6 Å². The molecule has 1 aliphatic heterocycles. The Hall–Kier alpha value is -1.65. The summed E-state index contributed by atoms with van der Waals surface area (Å²) in [6.07, 6.45) is 3.37. The molecule has 128 valence electrons. The third-order valence-corrected chi connectivity index (χ3v) is 4.90. The molecule has 2 heterocycles. The van der Waals surface area contributed by atoms with Crippen molar-refractivity contribution in [2.75, 3.05) is 25.0 Å². The van der Waals surface area contributed by atoms with Gasteiger partial charge in [0.2, 0.25) is 0 Å². The van der Waals surface area contributed by atoms with Crippen LogP contribution in [-0.2, 0) is 6.42 Å². The number of halogens is 1. The highest BCUT2D eigenvalue weighted by atomic mass is 35.5. The Morgan fingerprint density at radius 1 is 1.25 bits per heavy atom. The maximum atomic E-state index is 6.12. The molecule has 0 spiro atoms. The Bertz CT molecular complexity index is 696. The molecule has 1 fully saturated rings. The molecule has 0 radical (unpaired) electrons. The van der Waals surface area contributed by atoms with E-state index >= 15 is 0 Å². The van der Waals surface area contributed by atoms with Gasteiger partial charge in [-0.3, -0.25) is 0 Å². The van der Waals surface area contributed by atoms with Crippen molar-refractivity contribution >= 4 is 17.4 Å². The summed E-state index contributed by atoms with van der Waals surface area (Å²) in [4.78, 5) is 9.49. The summed E-state index contributed by atoms with van der Waals surface area (Å²) in [6.45, 7) is 7.41. The van der Waals surface area contributed by atoms with Gasteiger partial charge in [0, 0.05) is 28.4 Å². The molecular formula is C19H25ClN4. The van der Waals surface area contributed by atoms with Gasteiger partial charge in [-0.15, -0.1) is 0 Å². The van der Waals surface area contributed by atoms with Crippen molar-refractivity contribution in [2.24, 2.45) is 5.92 Å². The minimum absolute atomic E-state index is 0.706. The van der Waals surface area contributed by atoms with E-state index in [1.54, 1.807) is 0 Å². The second kappa shape index (κ2) is 7.95. The van der Waals surface area contributed by atoms with Gasteiger partial charge in [0.1, 0.15) is 5.82 Å². The van der Waals surface area contributed by atoms with E-state index in [1.165, 1.54) is 18.4 Å². The molecule has 2 aromatic rings. The fourth-order valence-electron chi connectivity index (χ4n) is 3.25. The Kier molecular flexibility index (Phi) is 5.69. The van der Waals surface area contributed by atoms with Gasteiger partial charge in [0.05, 0.1) is 0 Å². The summed E-state index contributed by atoms with van der Waals surface area (Å²) in [7, 11) is 0. The summed E-state index contributed by atoms with van der Waals surface area (Å²) >= 11 is 6.12. The minimum atomic E-state index is 0.706. The van der Waals surface area contributed by atoms with Crippen LogP contribution in [0.15, 0.2) is 24.3 Å². The average molecular weight is 345 g/mol. The lowest BCUT2D eigenvalue weighted by molar-refractivity contribution is 0.389. The van der Waals surface area contributed by atoms with Gasteiger partial charge in [-0.25, -0.2) is 9.97 Å². The Balaban J connectivity index is 1.85. The quantitative estimate of drug-likeness (QED) is 0.858. The van der Waals surface area contributed by atoms with Crippen molar-refractivity contribution in [1.82, 2.24) is 15.3 Å². The predicted molar refractivity (Wildman–Crippen MR) is 101 cm³/mol. The third kappa shape index (κ3) is 4.05. The normalized spacial score (nSPS) is 15.5. The fraction of sp³-hybridized carbons (Fsp3) is 0.474. The first kappa shape index (κ1) is 17.2. The monoisotopic (exact) mass is 344 g/mol. The van der Waals surface area contributed by atoms with E-state index in [1.807, 2.05) is 24.3 Å². The molecule has 5 heteroatoms. The van der Waals surface area contributed by atoms with Crippen LogP contribution in [0.4, 0.5) is 5.82 Å². The first-order valence-electron chi connectivity index (χ1n) is 8.75. The zero-order valence-electron chi connectivity index (χ0n) is 14.4. The number of rotatable bonds is 5. The summed E-state index contributed by atoms with van der Waals surface area (Å²) in [6, 6.07) is 7.72. The molecule has 2 N–H and O–H groups in total. The minimum Gasteiger partial charge on any atom is -0.369 e. The number of benzene rings is 1. The number of aryl methyl sites for hydroxylation is 1. The highest BCUT2D eigenvalue weighted by Gasteiger charge is 2.16. The van der Waals surface area contributed by atoms with Crippen molar-refractivity contribution in [2.45, 2.75) is 33.1 Å². The van der Waals surface area contributed by atoms with Crippen LogP contribution < -0.4 is 10.6 Å². The number of piperidine rings is 1. The molecule has 0 atom stereocenters. The molecular weight excluding hydrogens is 320 g/mol. The van der Waals surface area contributed by atoms with E-state index < -0.39 is 0 Å². The maximum absolute atomic E-state index is 6.12. The SMILES string of the molecule is CCc1c(C)nc(-c2cccc(Cl)c2)nc1NCC1CCNCC1. The number of nitrogens with zero attached hydrogens (tertiary/aromatic N) is 2.